The van der Waals surface area contributed by atoms with Gasteiger partial charge in [0, 0.05) is 6.04 Å². The second-order valence-electron chi connectivity index (χ2n) is 9.52. The number of amides is 1. The van der Waals surface area contributed by atoms with Crippen LogP contribution in [0.25, 0.3) is 0 Å². The average molecular weight is 484 g/mol. The molecule has 178 valence electrons. The number of anilines is 2. The van der Waals surface area contributed by atoms with Crippen molar-refractivity contribution in [2.24, 2.45) is 23.2 Å². The summed E-state index contributed by atoms with van der Waals surface area (Å²) < 4.78 is 38.7. The summed E-state index contributed by atoms with van der Waals surface area (Å²) in [4.78, 5) is 28.2. The van der Waals surface area contributed by atoms with Crippen molar-refractivity contribution in [1.82, 2.24) is 14.8 Å². The fourth-order valence-corrected chi connectivity index (χ4v) is 5.39. The first kappa shape index (κ1) is 23.5. The van der Waals surface area contributed by atoms with Crippen LogP contribution in [0.5, 0.6) is 0 Å². The van der Waals surface area contributed by atoms with Crippen LogP contribution in [0.2, 0.25) is 5.02 Å². The maximum atomic E-state index is 12.6. The molecule has 0 unspecified atom stereocenters. The zero-order chi connectivity index (χ0) is 24.1. The second kappa shape index (κ2) is 8.30. The Morgan fingerprint density at radius 2 is 2.00 bits per heavy atom. The van der Waals surface area contributed by atoms with E-state index in [1.54, 1.807) is 0 Å². The van der Waals surface area contributed by atoms with Gasteiger partial charge in [-0.25, -0.2) is 9.67 Å². The summed E-state index contributed by atoms with van der Waals surface area (Å²) in [5, 5.41) is 9.75. The maximum absolute atomic E-state index is 12.6. The predicted molar refractivity (Wildman–Crippen MR) is 118 cm³/mol. The van der Waals surface area contributed by atoms with Crippen LogP contribution in [-0.4, -0.2) is 26.7 Å². The molecule has 2 aromatic heterocycles. The molecule has 3 fully saturated rings. The zero-order valence-corrected chi connectivity index (χ0v) is 19.2. The number of aromatic nitrogens is 3. The fraction of sp³-hybridized carbons (Fsp3) is 0.545. The number of carbonyl (C=O) groups excluding carboxylic acids is 1. The van der Waals surface area contributed by atoms with E-state index in [4.69, 9.17) is 11.6 Å². The fourth-order valence-electron chi connectivity index (χ4n) is 5.19. The van der Waals surface area contributed by atoms with Crippen molar-refractivity contribution in [3.05, 3.63) is 45.6 Å². The maximum Gasteiger partial charge on any atom is 0.433 e. The molecule has 0 saturated heterocycles. The first-order valence-electron chi connectivity index (χ1n) is 10.7. The van der Waals surface area contributed by atoms with Crippen molar-refractivity contribution < 1.29 is 18.0 Å². The Kier molecular flexibility index (Phi) is 5.92. The van der Waals surface area contributed by atoms with Gasteiger partial charge in [0.15, 0.2) is 0 Å². The van der Waals surface area contributed by atoms with Crippen LogP contribution in [-0.2, 0) is 17.5 Å². The monoisotopic (exact) mass is 483 g/mol. The van der Waals surface area contributed by atoms with E-state index in [2.05, 4.69) is 41.5 Å². The SMILES string of the molecule is C[C@@H]1[C@H]2C[C@@H](C[C@H]1Nc1cnn(CC(=O)Nc3ccc(C(F)(F)F)nc3)c(=O)c1Cl)C2(C)C. The van der Waals surface area contributed by atoms with Gasteiger partial charge in [0.2, 0.25) is 5.91 Å². The minimum absolute atomic E-state index is 0.0558. The van der Waals surface area contributed by atoms with Gasteiger partial charge in [0.05, 0.1) is 23.8 Å². The third-order valence-electron chi connectivity index (χ3n) is 7.31. The minimum Gasteiger partial charge on any atom is -0.379 e. The van der Waals surface area contributed by atoms with Crippen LogP contribution in [0, 0.1) is 23.2 Å². The number of hydrogen-bond donors (Lipinski definition) is 2. The largest absolute Gasteiger partial charge is 0.433 e. The summed E-state index contributed by atoms with van der Waals surface area (Å²) in [7, 11) is 0. The summed E-state index contributed by atoms with van der Waals surface area (Å²) in [6.45, 7) is 6.38. The van der Waals surface area contributed by atoms with Crippen LogP contribution in [0.1, 0.15) is 39.3 Å². The van der Waals surface area contributed by atoms with E-state index in [9.17, 15) is 22.8 Å². The molecule has 0 radical (unpaired) electrons. The number of nitrogens with one attached hydrogen (secondary N) is 2. The van der Waals surface area contributed by atoms with Gasteiger partial charge in [0.1, 0.15) is 17.3 Å². The van der Waals surface area contributed by atoms with Crippen molar-refractivity contribution >= 4 is 28.9 Å². The lowest BCUT2D eigenvalue weighted by Crippen LogP contribution is -2.58. The molecular weight excluding hydrogens is 459 g/mol. The molecule has 1 amide bonds. The summed E-state index contributed by atoms with van der Waals surface area (Å²) in [6, 6.07) is 2.03. The van der Waals surface area contributed by atoms with E-state index in [1.165, 1.54) is 12.6 Å². The molecule has 5 rings (SSSR count). The van der Waals surface area contributed by atoms with Crippen LogP contribution < -0.4 is 16.2 Å². The van der Waals surface area contributed by atoms with Gasteiger partial charge in [-0.3, -0.25) is 9.59 Å². The van der Waals surface area contributed by atoms with Gasteiger partial charge in [-0.05, 0) is 48.1 Å². The van der Waals surface area contributed by atoms with Crippen molar-refractivity contribution in [1.29, 1.82) is 0 Å². The lowest BCUT2D eigenvalue weighted by Gasteiger charge is -2.62. The van der Waals surface area contributed by atoms with E-state index in [0.29, 0.717) is 28.9 Å². The lowest BCUT2D eigenvalue weighted by atomic mass is 9.45. The first-order valence-corrected chi connectivity index (χ1v) is 11.1. The molecule has 2 heterocycles. The molecule has 3 saturated carbocycles. The number of pyridine rings is 1. The molecule has 0 aliphatic heterocycles. The predicted octanol–water partition coefficient (Wildman–Crippen LogP) is 4.43. The standard InChI is InChI=1S/C22H25ClF3N5O2/c1-11-14-6-12(21(14,2)3)7-15(11)30-16-9-28-31(20(33)19(16)23)10-18(32)29-13-4-5-17(27-8-13)22(24,25)26/h4-5,8-9,11-12,14-15,30H,6-7,10H2,1-3H3,(H,29,32)/t11-,12+,14-,15-/m1/s1. The van der Waals surface area contributed by atoms with Gasteiger partial charge < -0.3 is 10.6 Å². The Balaban J connectivity index is 1.40. The van der Waals surface area contributed by atoms with Gasteiger partial charge in [-0.1, -0.05) is 32.4 Å². The summed E-state index contributed by atoms with van der Waals surface area (Å²) in [5.41, 5.74) is -0.865. The first-order chi connectivity index (χ1) is 15.4. The van der Waals surface area contributed by atoms with Crippen LogP contribution >= 0.6 is 11.6 Å². The van der Waals surface area contributed by atoms with Crippen molar-refractivity contribution in [3.63, 3.8) is 0 Å². The molecule has 11 heteroatoms. The number of fused-ring (bicyclic) bond motifs is 2. The van der Waals surface area contributed by atoms with Gasteiger partial charge in [0.25, 0.3) is 5.56 Å². The van der Waals surface area contributed by atoms with E-state index < -0.39 is 29.9 Å². The summed E-state index contributed by atoms with van der Waals surface area (Å²) >= 11 is 6.29. The van der Waals surface area contributed by atoms with Crippen molar-refractivity contribution in [2.45, 2.75) is 52.4 Å². The summed E-state index contributed by atoms with van der Waals surface area (Å²) in [5.74, 6) is 1.02. The van der Waals surface area contributed by atoms with Gasteiger partial charge >= 0.3 is 6.18 Å². The Bertz CT molecular complexity index is 1120. The van der Waals surface area contributed by atoms with Crippen LogP contribution in [0.15, 0.2) is 29.3 Å². The van der Waals surface area contributed by atoms with Crippen LogP contribution in [0.3, 0.4) is 0 Å². The molecule has 0 aromatic carbocycles. The number of nitrogens with zero attached hydrogens (tertiary/aromatic N) is 3. The molecule has 3 aliphatic rings. The topological polar surface area (TPSA) is 88.9 Å². The minimum atomic E-state index is -4.57. The third kappa shape index (κ3) is 4.45. The van der Waals surface area contributed by atoms with Gasteiger partial charge in [-0.15, -0.1) is 0 Å². The number of alkyl halides is 3. The number of carbonyl (C=O) groups is 1. The molecule has 0 spiro atoms. The van der Waals surface area contributed by atoms with E-state index in [1.807, 2.05) is 0 Å². The lowest BCUT2D eigenvalue weighted by molar-refractivity contribution is -0.141. The normalized spacial score (nSPS) is 25.8. The highest BCUT2D eigenvalue weighted by molar-refractivity contribution is 6.32. The molecule has 7 nitrogen and oxygen atoms in total. The quantitative estimate of drug-likeness (QED) is 0.656. The Labute approximate surface area is 193 Å². The van der Waals surface area contributed by atoms with E-state index in [-0.39, 0.29) is 16.8 Å². The Morgan fingerprint density at radius 3 is 2.58 bits per heavy atom. The zero-order valence-electron chi connectivity index (χ0n) is 18.4. The highest BCUT2D eigenvalue weighted by Gasteiger charge is 2.56. The number of hydrogen-bond acceptors (Lipinski definition) is 5. The molecule has 33 heavy (non-hydrogen) atoms. The molecule has 2 N–H and O–H groups in total. The smallest absolute Gasteiger partial charge is 0.379 e. The van der Waals surface area contributed by atoms with Crippen molar-refractivity contribution in [2.75, 3.05) is 10.6 Å². The third-order valence-corrected chi connectivity index (χ3v) is 7.68. The molecular formula is C22H25ClF3N5O2. The van der Waals surface area contributed by atoms with E-state index >= 15 is 0 Å². The molecule has 4 atom stereocenters. The summed E-state index contributed by atoms with van der Waals surface area (Å²) in [6.07, 6.45) is -0.0294. The highest BCUT2D eigenvalue weighted by Crippen LogP contribution is 2.61. The number of halogens is 4. The van der Waals surface area contributed by atoms with Crippen molar-refractivity contribution in [3.8, 4) is 0 Å². The Hall–Kier alpha value is -2.62. The number of rotatable bonds is 5. The Morgan fingerprint density at radius 1 is 1.27 bits per heavy atom. The highest BCUT2D eigenvalue weighted by atomic mass is 35.5. The average Bonchev–Trinajstić information content (AvgIpc) is 2.74. The van der Waals surface area contributed by atoms with E-state index in [0.717, 1.165) is 29.4 Å². The van der Waals surface area contributed by atoms with Gasteiger partial charge in [-0.2, -0.15) is 18.3 Å². The second-order valence-corrected chi connectivity index (χ2v) is 9.90. The van der Waals surface area contributed by atoms with Crippen LogP contribution in [0.4, 0.5) is 24.5 Å². The molecule has 3 aliphatic carbocycles. The molecule has 2 bridgehead atoms. The molecule has 2 aromatic rings.